The normalized spacial score (nSPS) is 28.1. The minimum Gasteiger partial charge on any atom is -0.393 e. The van der Waals surface area contributed by atoms with Crippen LogP contribution in [-0.4, -0.2) is 48.5 Å². The highest BCUT2D eigenvalue weighted by atomic mass is 16.5. The molecule has 2 N–H and O–H groups in total. The van der Waals surface area contributed by atoms with E-state index in [2.05, 4.69) is 27.3 Å². The van der Waals surface area contributed by atoms with Crippen LogP contribution >= 0.6 is 0 Å². The van der Waals surface area contributed by atoms with Gasteiger partial charge in [0.1, 0.15) is 5.82 Å². The van der Waals surface area contributed by atoms with Crippen molar-refractivity contribution in [3.05, 3.63) is 23.9 Å². The molecule has 2 saturated heterocycles. The second-order valence-electron chi connectivity index (χ2n) is 6.11. The van der Waals surface area contributed by atoms with Crippen molar-refractivity contribution in [2.45, 2.75) is 50.4 Å². The first-order valence-electron chi connectivity index (χ1n) is 7.89. The monoisotopic (exact) mass is 291 g/mol. The lowest BCUT2D eigenvalue weighted by atomic mass is 10.00. The van der Waals surface area contributed by atoms with Gasteiger partial charge in [0.2, 0.25) is 0 Å². The van der Waals surface area contributed by atoms with Gasteiger partial charge in [0, 0.05) is 38.5 Å². The Morgan fingerprint density at radius 3 is 2.71 bits per heavy atom. The maximum atomic E-state index is 9.87. The van der Waals surface area contributed by atoms with Gasteiger partial charge in [0.25, 0.3) is 0 Å². The zero-order valence-electron chi connectivity index (χ0n) is 12.7. The summed E-state index contributed by atoms with van der Waals surface area (Å²) in [4.78, 5) is 7.07. The van der Waals surface area contributed by atoms with Crippen LogP contribution in [-0.2, 0) is 11.3 Å². The molecule has 2 bridgehead atoms. The van der Waals surface area contributed by atoms with Gasteiger partial charge in [0.15, 0.2) is 0 Å². The maximum absolute atomic E-state index is 9.87. The molecule has 3 heterocycles. The number of fused-ring (bicyclic) bond motifs is 2. The molecule has 1 aromatic rings. The number of nitrogens with zero attached hydrogens (tertiary/aromatic N) is 2. The van der Waals surface area contributed by atoms with Crippen LogP contribution in [0, 0.1) is 0 Å². The molecule has 116 valence electrons. The summed E-state index contributed by atoms with van der Waals surface area (Å²) in [6.07, 6.45) is 5.98. The van der Waals surface area contributed by atoms with Gasteiger partial charge in [-0.1, -0.05) is 6.07 Å². The number of anilines is 1. The zero-order chi connectivity index (χ0) is 14.7. The van der Waals surface area contributed by atoms with Crippen LogP contribution in [0.3, 0.4) is 0 Å². The van der Waals surface area contributed by atoms with Gasteiger partial charge in [-0.3, -0.25) is 0 Å². The first-order valence-corrected chi connectivity index (χ1v) is 7.89. The summed E-state index contributed by atoms with van der Waals surface area (Å²) in [5.74, 6) is 1.06. The second-order valence-corrected chi connectivity index (χ2v) is 6.11. The molecule has 0 amide bonds. The van der Waals surface area contributed by atoms with E-state index in [9.17, 15) is 5.11 Å². The molecule has 2 aliphatic rings. The molecule has 21 heavy (non-hydrogen) atoms. The Morgan fingerprint density at radius 2 is 2.10 bits per heavy atom. The molecule has 0 spiro atoms. The molecule has 5 nitrogen and oxygen atoms in total. The van der Waals surface area contributed by atoms with Crippen molar-refractivity contribution in [1.82, 2.24) is 10.3 Å². The highest BCUT2D eigenvalue weighted by Crippen LogP contribution is 2.38. The van der Waals surface area contributed by atoms with E-state index in [-0.39, 0.29) is 6.10 Å². The SMILES string of the molecule is COCCNCc1ccc(N2C3CCC2CC(O)C3)nc1. The lowest BCUT2D eigenvalue weighted by Gasteiger charge is -2.38. The summed E-state index contributed by atoms with van der Waals surface area (Å²) in [6, 6.07) is 5.21. The summed E-state index contributed by atoms with van der Waals surface area (Å²) in [5, 5.41) is 13.2. The Balaban J connectivity index is 1.59. The smallest absolute Gasteiger partial charge is 0.128 e. The van der Waals surface area contributed by atoms with Gasteiger partial charge in [-0.2, -0.15) is 0 Å². The van der Waals surface area contributed by atoms with Crippen LogP contribution in [0.1, 0.15) is 31.2 Å². The standard InChI is InChI=1S/C16H25N3O2/c1-21-7-6-17-10-12-2-5-16(18-11-12)19-13-3-4-14(19)9-15(20)8-13/h2,5,11,13-15,17,20H,3-4,6-10H2,1H3. The molecule has 0 saturated carbocycles. The molecule has 2 fully saturated rings. The molecular weight excluding hydrogens is 266 g/mol. The van der Waals surface area contributed by atoms with Gasteiger partial charge in [-0.05, 0) is 37.3 Å². The predicted octanol–water partition coefficient (Wildman–Crippen LogP) is 1.31. The van der Waals surface area contributed by atoms with Gasteiger partial charge >= 0.3 is 0 Å². The average Bonchev–Trinajstić information content (AvgIpc) is 2.76. The Labute approximate surface area is 126 Å². The van der Waals surface area contributed by atoms with Gasteiger partial charge < -0.3 is 20.1 Å². The largest absolute Gasteiger partial charge is 0.393 e. The maximum Gasteiger partial charge on any atom is 0.128 e. The Kier molecular flexibility index (Phi) is 4.73. The highest BCUT2D eigenvalue weighted by molar-refractivity contribution is 5.44. The lowest BCUT2D eigenvalue weighted by molar-refractivity contribution is 0.126. The summed E-state index contributed by atoms with van der Waals surface area (Å²) in [7, 11) is 1.71. The van der Waals surface area contributed by atoms with E-state index in [4.69, 9.17) is 4.74 Å². The van der Waals surface area contributed by atoms with Crippen molar-refractivity contribution in [3.63, 3.8) is 0 Å². The fraction of sp³-hybridized carbons (Fsp3) is 0.688. The van der Waals surface area contributed by atoms with Crippen molar-refractivity contribution >= 4 is 5.82 Å². The molecule has 2 aliphatic heterocycles. The molecule has 2 atom stereocenters. The molecule has 0 aromatic carbocycles. The third-order valence-electron chi connectivity index (χ3n) is 4.59. The Bertz CT molecular complexity index is 437. The molecule has 1 aromatic heterocycles. The van der Waals surface area contributed by atoms with Crippen LogP contribution in [0.5, 0.6) is 0 Å². The van der Waals surface area contributed by atoms with Gasteiger partial charge in [-0.15, -0.1) is 0 Å². The lowest BCUT2D eigenvalue weighted by Crippen LogP contribution is -2.45. The minimum atomic E-state index is -0.122. The van der Waals surface area contributed by atoms with Crippen LogP contribution in [0.15, 0.2) is 18.3 Å². The van der Waals surface area contributed by atoms with E-state index in [0.29, 0.717) is 12.1 Å². The number of ether oxygens (including phenoxy) is 1. The van der Waals surface area contributed by atoms with Gasteiger partial charge in [0.05, 0.1) is 12.7 Å². The third kappa shape index (κ3) is 3.36. The van der Waals surface area contributed by atoms with Crippen molar-refractivity contribution in [3.8, 4) is 0 Å². The molecule has 2 unspecified atom stereocenters. The van der Waals surface area contributed by atoms with E-state index in [1.807, 2.05) is 6.20 Å². The van der Waals surface area contributed by atoms with E-state index in [1.165, 1.54) is 18.4 Å². The number of rotatable bonds is 6. The zero-order valence-corrected chi connectivity index (χ0v) is 12.7. The Morgan fingerprint density at radius 1 is 1.33 bits per heavy atom. The number of hydrogen-bond acceptors (Lipinski definition) is 5. The highest BCUT2D eigenvalue weighted by Gasteiger charge is 2.40. The first kappa shape index (κ1) is 14.8. The van der Waals surface area contributed by atoms with Crippen molar-refractivity contribution in [2.24, 2.45) is 0 Å². The summed E-state index contributed by atoms with van der Waals surface area (Å²) < 4.78 is 5.01. The topological polar surface area (TPSA) is 57.6 Å². The number of pyridine rings is 1. The van der Waals surface area contributed by atoms with Crippen LogP contribution in [0.2, 0.25) is 0 Å². The second kappa shape index (κ2) is 6.73. The number of aliphatic hydroxyl groups excluding tert-OH is 1. The number of hydrogen-bond donors (Lipinski definition) is 2. The Hall–Kier alpha value is -1.17. The predicted molar refractivity (Wildman–Crippen MR) is 82.3 cm³/mol. The van der Waals surface area contributed by atoms with Crippen molar-refractivity contribution in [1.29, 1.82) is 0 Å². The molecule has 3 rings (SSSR count). The van der Waals surface area contributed by atoms with E-state index >= 15 is 0 Å². The molecule has 5 heteroatoms. The fourth-order valence-electron chi connectivity index (χ4n) is 3.60. The minimum absolute atomic E-state index is 0.122. The first-order chi connectivity index (χ1) is 10.3. The van der Waals surface area contributed by atoms with Gasteiger partial charge in [-0.25, -0.2) is 4.98 Å². The number of nitrogens with one attached hydrogen (secondary N) is 1. The van der Waals surface area contributed by atoms with E-state index < -0.39 is 0 Å². The van der Waals surface area contributed by atoms with E-state index in [0.717, 1.165) is 38.4 Å². The molecular formula is C16H25N3O2. The fourth-order valence-corrected chi connectivity index (χ4v) is 3.60. The number of aliphatic hydroxyl groups is 1. The average molecular weight is 291 g/mol. The summed E-state index contributed by atoms with van der Waals surface area (Å²) in [6.45, 7) is 2.40. The quantitative estimate of drug-likeness (QED) is 0.774. The number of aromatic nitrogens is 1. The van der Waals surface area contributed by atoms with E-state index in [1.54, 1.807) is 7.11 Å². The number of piperidine rings is 1. The summed E-state index contributed by atoms with van der Waals surface area (Å²) in [5.41, 5.74) is 1.19. The van der Waals surface area contributed by atoms with Crippen molar-refractivity contribution < 1.29 is 9.84 Å². The molecule has 0 radical (unpaired) electrons. The number of methoxy groups -OCH3 is 1. The van der Waals surface area contributed by atoms with Crippen LogP contribution < -0.4 is 10.2 Å². The summed E-state index contributed by atoms with van der Waals surface area (Å²) >= 11 is 0. The van der Waals surface area contributed by atoms with Crippen LogP contribution in [0.4, 0.5) is 5.82 Å². The van der Waals surface area contributed by atoms with Crippen LogP contribution in [0.25, 0.3) is 0 Å². The third-order valence-corrected chi connectivity index (χ3v) is 4.59. The molecule has 0 aliphatic carbocycles. The van der Waals surface area contributed by atoms with Crippen molar-refractivity contribution in [2.75, 3.05) is 25.2 Å².